The number of nitrogens with zero attached hydrogens (tertiary/aromatic N) is 7. The van der Waals surface area contributed by atoms with Crippen molar-refractivity contribution < 1.29 is 9.59 Å². The molecule has 0 saturated carbocycles. The summed E-state index contributed by atoms with van der Waals surface area (Å²) in [6.45, 7) is 20.1. The van der Waals surface area contributed by atoms with Crippen LogP contribution in [0.25, 0.3) is 77.0 Å². The number of rotatable bonds is 39. The third-order valence-corrected chi connectivity index (χ3v) is 36.3. The maximum atomic E-state index is 14.8. The van der Waals surface area contributed by atoms with E-state index in [2.05, 4.69) is 175 Å². The number of aromatic nitrogens is 2. The number of thiol groups is 1. The lowest BCUT2D eigenvalue weighted by atomic mass is 9.66. The van der Waals surface area contributed by atoms with Crippen LogP contribution in [0.15, 0.2) is 191 Å². The van der Waals surface area contributed by atoms with Gasteiger partial charge < -0.3 is 0 Å². The van der Waals surface area contributed by atoms with Gasteiger partial charge in [-0.1, -0.05) is 314 Å². The Labute approximate surface area is 832 Å². The molecule has 0 aliphatic heterocycles. The largest absolute Gasteiger partial charge is 0.298 e. The monoisotopic (exact) mass is 1910 g/mol. The first-order valence-corrected chi connectivity index (χ1v) is 55.0. The lowest BCUT2D eigenvalue weighted by Gasteiger charge is -2.35. The average molecular weight is 1920 g/mol. The van der Waals surface area contributed by atoms with Gasteiger partial charge in [0.2, 0.25) is 0 Å². The van der Waals surface area contributed by atoms with Crippen molar-refractivity contribution in [2.24, 2.45) is 9.81 Å². The van der Waals surface area contributed by atoms with Gasteiger partial charge in [0.25, 0.3) is 0 Å². The number of unbranched alkanes of at least 4 members (excludes halogenated alkanes) is 18. The third kappa shape index (κ3) is 17.4. The van der Waals surface area contributed by atoms with Crippen molar-refractivity contribution in [2.75, 3.05) is 0 Å². The number of benzene rings is 7. The van der Waals surface area contributed by atoms with Crippen LogP contribution in [-0.2, 0) is 49.4 Å². The molecule has 5 aliphatic rings. The van der Waals surface area contributed by atoms with Gasteiger partial charge in [0.1, 0.15) is 34.5 Å². The normalized spacial score (nSPS) is 17.3. The van der Waals surface area contributed by atoms with E-state index in [1.54, 1.807) is 36.5 Å². The Morgan fingerprint density at radius 3 is 1.45 bits per heavy atom. The summed E-state index contributed by atoms with van der Waals surface area (Å²) in [5, 5.41) is 53.1. The summed E-state index contributed by atoms with van der Waals surface area (Å²) in [6.07, 6.45) is 40.9. The number of hydrogen-bond donors (Lipinski definition) is 2. The van der Waals surface area contributed by atoms with Crippen LogP contribution in [0.5, 0.6) is 0 Å². The van der Waals surface area contributed by atoms with Crippen molar-refractivity contribution >= 4 is 151 Å². The van der Waals surface area contributed by atoms with Gasteiger partial charge in [0.15, 0.2) is 17.0 Å². The lowest BCUT2D eigenvalue weighted by Crippen LogP contribution is -2.30. The Morgan fingerprint density at radius 2 is 0.926 bits per heavy atom. The first-order valence-electron chi connectivity index (χ1n) is 49.8. The molecule has 0 spiro atoms. The molecule has 688 valence electrons. The van der Waals surface area contributed by atoms with Crippen LogP contribution in [0.1, 0.15) is 340 Å². The first-order chi connectivity index (χ1) is 66.4. The second kappa shape index (κ2) is 41.4. The maximum absolute atomic E-state index is 14.8. The van der Waals surface area contributed by atoms with Crippen molar-refractivity contribution in [1.82, 2.24) is 8.75 Å². The van der Waals surface area contributed by atoms with Crippen molar-refractivity contribution in [3.05, 3.63) is 308 Å². The van der Waals surface area contributed by atoms with E-state index in [4.69, 9.17) is 21.6 Å². The number of nitriles is 4. The molecule has 0 saturated heterocycles. The molecule has 18 rings (SSSR count). The zero-order chi connectivity index (χ0) is 94.7. The van der Waals surface area contributed by atoms with E-state index < -0.39 is 22.2 Å². The molecule has 3 atom stereocenters. The van der Waals surface area contributed by atoms with E-state index in [1.165, 1.54) is 166 Å². The first kappa shape index (κ1) is 95.4. The number of aryl methyl sites for hydroxylation is 8. The minimum absolute atomic E-state index is 0.115. The van der Waals surface area contributed by atoms with Crippen molar-refractivity contribution in [3.8, 4) is 54.2 Å². The summed E-state index contributed by atoms with van der Waals surface area (Å²) in [7, 11) is 0. The fourth-order valence-corrected chi connectivity index (χ4v) is 30.7. The standard InChI is InChI=1S/C119H118N8O2S7/c1-10-16-22-28-38-74-52-72(7)54-83(58-74)118(85-60-76(40-30-24-18-12-3)56-77(61-85)41-31-25-19-13-4)95-66-96(91-50-48-80(105(125-130)104(91)124)65-94-100(117(9,70-122)71-123)88-45-35-37-47-90(88)109(94)129)131-110(95)112-102(118)114-116(134-112)103-115(135-114)113-101(119(103,84-55-73(8)53-75(59-84)39-29-23-17-11-2)86-62-78(42-32-26-20-14-5)57-79(63-86)43-33-27-21-15-6)111-98(133-113)67-97(132-111)92-51-49-81(106-107(92)127-136-126-106)64-93-99(82(68-120)69-121)87-44-34-36-46-89(87)108(93)128/h34-37,44-67,100,124,130H,10-33,38-43H2,1-9H3/b93-64-,94-65-,124-104?,125-105?/t100-,118?,119?/m0/s1. The summed E-state index contributed by atoms with van der Waals surface area (Å²) in [6, 6.07) is 63.5. The maximum Gasteiger partial charge on any atom is 0.194 e. The van der Waals surface area contributed by atoms with Crippen LogP contribution in [0.2, 0.25) is 0 Å². The van der Waals surface area contributed by atoms with Gasteiger partial charge in [0, 0.05) is 87.2 Å². The van der Waals surface area contributed by atoms with E-state index in [9.17, 15) is 36.0 Å². The van der Waals surface area contributed by atoms with Crippen LogP contribution in [0.3, 0.4) is 0 Å². The number of carbonyl (C=O) groups is 2. The predicted octanol–water partition coefficient (Wildman–Crippen LogP) is 33.7. The quantitative estimate of drug-likeness (QED) is 0.0125. The van der Waals surface area contributed by atoms with Gasteiger partial charge in [-0.05, 0) is 207 Å². The molecule has 5 aliphatic carbocycles. The van der Waals surface area contributed by atoms with Gasteiger partial charge in [-0.3, -0.25) is 15.0 Å². The van der Waals surface area contributed by atoms with Gasteiger partial charge in [-0.2, -0.15) is 29.8 Å². The Kier molecular flexibility index (Phi) is 29.0. The van der Waals surface area contributed by atoms with Gasteiger partial charge >= 0.3 is 0 Å². The number of carbonyl (C=O) groups excluding carboxylic acids is 2. The van der Waals surface area contributed by atoms with Crippen molar-refractivity contribution in [1.29, 1.82) is 26.5 Å². The van der Waals surface area contributed by atoms with Crippen molar-refractivity contribution in [2.45, 2.75) is 272 Å². The molecule has 1 N–H and O–H groups in total. The molecule has 0 radical (unpaired) electrons. The fourth-order valence-electron chi connectivity index (χ4n) is 22.5. The highest BCUT2D eigenvalue weighted by molar-refractivity contribution is 7.79. The van der Waals surface area contributed by atoms with Crippen LogP contribution in [-0.4, -0.2) is 31.7 Å². The van der Waals surface area contributed by atoms with Gasteiger partial charge in [-0.25, -0.2) is 4.40 Å². The minimum atomic E-state index is -1.58. The molecule has 6 aromatic heterocycles. The molecule has 7 aromatic carbocycles. The van der Waals surface area contributed by atoms with E-state index in [0.29, 0.717) is 61.3 Å². The molecule has 0 amide bonds. The molecule has 0 bridgehead atoms. The molecule has 10 nitrogen and oxygen atoms in total. The molecule has 2 unspecified atom stereocenters. The van der Waals surface area contributed by atoms with Gasteiger partial charge in [0.05, 0.1) is 74.0 Å². The number of fused-ring (bicyclic) bond motifs is 14. The predicted molar refractivity (Wildman–Crippen MR) is 576 cm³/mol. The summed E-state index contributed by atoms with van der Waals surface area (Å²) in [5.74, 6) is -1.35. The van der Waals surface area contributed by atoms with Crippen molar-refractivity contribution in [3.63, 3.8) is 0 Å². The van der Waals surface area contributed by atoms with E-state index in [1.807, 2.05) is 106 Å². The van der Waals surface area contributed by atoms with E-state index in [0.717, 1.165) is 187 Å². The Hall–Kier alpha value is -10.9. The second-order valence-electron chi connectivity index (χ2n) is 38.6. The zero-order valence-electron chi connectivity index (χ0n) is 79.8. The molecular formula is C119H118N8O2S7. The summed E-state index contributed by atoms with van der Waals surface area (Å²) in [5.41, 5.74) is 25.4. The molecule has 0 fully saturated rings. The zero-order valence-corrected chi connectivity index (χ0v) is 85.6. The smallest absolute Gasteiger partial charge is 0.194 e. The van der Waals surface area contributed by atoms with Crippen LogP contribution in [0.4, 0.5) is 0 Å². The third-order valence-electron chi connectivity index (χ3n) is 29.0. The topological polar surface area (TPSA) is 191 Å². The fraction of sp³-hybridized carbons (Fsp3) is 0.361. The Morgan fingerprint density at radius 1 is 0.463 bits per heavy atom. The summed E-state index contributed by atoms with van der Waals surface area (Å²) in [4.78, 5) is 36.5. The number of allylic oxidation sites excluding steroid dienone is 9. The number of Topliss-reactive ketones (excluding diaryl/α,β-unsaturated/α-hetero) is 2. The summed E-state index contributed by atoms with van der Waals surface area (Å²) >= 11 is 15.5. The number of nitrogens with one attached hydrogen (secondary N) is 1. The van der Waals surface area contributed by atoms with Gasteiger partial charge in [-0.15, -0.1) is 56.7 Å². The molecule has 136 heavy (non-hydrogen) atoms. The minimum Gasteiger partial charge on any atom is -0.298 e. The second-order valence-corrected chi connectivity index (χ2v) is 44.5. The SMILES string of the molecule is CCCCCCc1cc(C)cc(C2(c3cc(CCCCCC)cc(CCCCCC)c3)c3cc(C4=CC=C(/C=C5\C(=O)c6ccccc6[C@@H]5C(C)(C#N)C#N)C(=NS)C4=N)sc3-c3sc4c5c(sc4c32)-c2sc3cc(-c4ccc(/C=C6\C(=O)c7ccccc7C6=C(C#N)C#N)c6nsnc46)sc3c2C5(c2cc(C)cc(CCCCCC)c2)c2cc(CCCCCC)cc(CCCCCC)c2)c1. The van der Waals surface area contributed by atoms with E-state index in [-0.39, 0.29) is 28.4 Å². The number of ketones is 2. The highest BCUT2D eigenvalue weighted by Crippen LogP contribution is 2.72. The molecular weight excluding hydrogens is 1800 g/mol. The Bertz CT molecular complexity index is 7210. The summed E-state index contributed by atoms with van der Waals surface area (Å²) < 4.78 is 19.9. The Balaban J connectivity index is 0.938. The highest BCUT2D eigenvalue weighted by Gasteiger charge is 2.57. The number of thiophene rings is 5. The molecule has 13 aromatic rings. The average Bonchev–Trinajstić information content (AvgIpc) is 1.47. The highest BCUT2D eigenvalue weighted by atomic mass is 32.1. The van der Waals surface area contributed by atoms with E-state index >= 15 is 0 Å². The number of hydrogen-bond acceptors (Lipinski definition) is 17. The molecule has 6 heterocycles. The molecule has 17 heteroatoms. The lowest BCUT2D eigenvalue weighted by molar-refractivity contribution is 0.103. The van der Waals surface area contributed by atoms with Crippen LogP contribution >= 0.6 is 81.2 Å². The van der Waals surface area contributed by atoms with Crippen LogP contribution in [0, 0.1) is 70.0 Å². The van der Waals surface area contributed by atoms with Crippen LogP contribution < -0.4 is 0 Å².